The second-order valence-electron chi connectivity index (χ2n) is 5.25. The molecule has 122 valence electrons. The van der Waals surface area contributed by atoms with Crippen molar-refractivity contribution < 1.29 is 4.79 Å². The molecule has 3 aromatic rings. The van der Waals surface area contributed by atoms with E-state index in [0.29, 0.717) is 24.5 Å². The molecule has 1 aromatic carbocycles. The summed E-state index contributed by atoms with van der Waals surface area (Å²) >= 11 is 0. The SMILES string of the molecule is CNC(=O)c1cccnc1NCc1cccc(Cn2cncn2)c1. The Morgan fingerprint density at radius 3 is 2.88 bits per heavy atom. The summed E-state index contributed by atoms with van der Waals surface area (Å²) in [6.45, 7) is 1.24. The fourth-order valence-electron chi connectivity index (χ4n) is 2.39. The van der Waals surface area contributed by atoms with Crippen LogP contribution >= 0.6 is 0 Å². The maximum atomic E-state index is 11.9. The van der Waals surface area contributed by atoms with Gasteiger partial charge in [-0.25, -0.2) is 14.6 Å². The van der Waals surface area contributed by atoms with Crippen molar-refractivity contribution in [2.75, 3.05) is 12.4 Å². The van der Waals surface area contributed by atoms with Crippen LogP contribution in [0.4, 0.5) is 5.82 Å². The topological polar surface area (TPSA) is 84.7 Å². The fraction of sp³-hybridized carbons (Fsp3) is 0.176. The second kappa shape index (κ2) is 7.36. The van der Waals surface area contributed by atoms with Gasteiger partial charge in [0.25, 0.3) is 5.91 Å². The van der Waals surface area contributed by atoms with Crippen molar-refractivity contribution in [2.24, 2.45) is 0 Å². The van der Waals surface area contributed by atoms with E-state index in [1.165, 1.54) is 6.33 Å². The monoisotopic (exact) mass is 322 g/mol. The van der Waals surface area contributed by atoms with E-state index in [0.717, 1.165) is 11.1 Å². The molecule has 0 aliphatic carbocycles. The molecule has 1 amide bonds. The maximum absolute atomic E-state index is 11.9. The first-order valence-electron chi connectivity index (χ1n) is 7.57. The zero-order chi connectivity index (χ0) is 16.8. The van der Waals surface area contributed by atoms with Crippen molar-refractivity contribution in [2.45, 2.75) is 13.1 Å². The van der Waals surface area contributed by atoms with Crippen molar-refractivity contribution in [3.05, 3.63) is 71.9 Å². The molecule has 0 spiro atoms. The van der Waals surface area contributed by atoms with E-state index >= 15 is 0 Å². The number of carbonyl (C=O) groups is 1. The lowest BCUT2D eigenvalue weighted by Crippen LogP contribution is -2.20. The van der Waals surface area contributed by atoms with Gasteiger partial charge in [-0.05, 0) is 23.3 Å². The first kappa shape index (κ1) is 15.7. The summed E-state index contributed by atoms with van der Waals surface area (Å²) in [6, 6.07) is 11.7. The summed E-state index contributed by atoms with van der Waals surface area (Å²) in [6.07, 6.45) is 4.87. The van der Waals surface area contributed by atoms with Gasteiger partial charge in [0, 0.05) is 19.8 Å². The van der Waals surface area contributed by atoms with Gasteiger partial charge in [0.2, 0.25) is 0 Å². The van der Waals surface area contributed by atoms with Crippen LogP contribution in [0.5, 0.6) is 0 Å². The molecule has 0 fully saturated rings. The Morgan fingerprint density at radius 1 is 1.21 bits per heavy atom. The number of rotatable bonds is 6. The summed E-state index contributed by atoms with van der Waals surface area (Å²) in [5.41, 5.74) is 2.76. The molecule has 2 heterocycles. The molecule has 3 rings (SSSR count). The minimum absolute atomic E-state index is 0.162. The van der Waals surface area contributed by atoms with E-state index < -0.39 is 0 Å². The highest BCUT2D eigenvalue weighted by molar-refractivity contribution is 5.98. The van der Waals surface area contributed by atoms with Gasteiger partial charge in [-0.2, -0.15) is 5.10 Å². The molecular weight excluding hydrogens is 304 g/mol. The summed E-state index contributed by atoms with van der Waals surface area (Å²) < 4.78 is 1.77. The van der Waals surface area contributed by atoms with Gasteiger partial charge in [0.1, 0.15) is 18.5 Å². The molecule has 7 nitrogen and oxygen atoms in total. The zero-order valence-electron chi connectivity index (χ0n) is 13.3. The van der Waals surface area contributed by atoms with Gasteiger partial charge < -0.3 is 10.6 Å². The first-order chi connectivity index (χ1) is 11.8. The molecule has 2 aromatic heterocycles. The predicted octanol–water partition coefficient (Wildman–Crippen LogP) is 1.69. The molecule has 0 aliphatic heterocycles. The number of amides is 1. The normalized spacial score (nSPS) is 10.4. The smallest absolute Gasteiger partial charge is 0.254 e. The Labute approximate surface area is 139 Å². The first-order valence-corrected chi connectivity index (χ1v) is 7.57. The average Bonchev–Trinajstić information content (AvgIpc) is 3.13. The van der Waals surface area contributed by atoms with Crippen molar-refractivity contribution >= 4 is 11.7 Å². The van der Waals surface area contributed by atoms with Gasteiger partial charge in [-0.15, -0.1) is 0 Å². The molecule has 0 radical (unpaired) electrons. The van der Waals surface area contributed by atoms with Crippen LogP contribution < -0.4 is 10.6 Å². The number of benzene rings is 1. The van der Waals surface area contributed by atoms with Crippen LogP contribution in [0.3, 0.4) is 0 Å². The number of nitrogens with zero attached hydrogens (tertiary/aromatic N) is 4. The maximum Gasteiger partial charge on any atom is 0.254 e. The van der Waals surface area contributed by atoms with Crippen LogP contribution in [0.2, 0.25) is 0 Å². The fourth-order valence-corrected chi connectivity index (χ4v) is 2.39. The van der Waals surface area contributed by atoms with Crippen LogP contribution in [-0.4, -0.2) is 32.7 Å². The Balaban J connectivity index is 1.70. The van der Waals surface area contributed by atoms with E-state index in [1.54, 1.807) is 36.4 Å². The number of hydrogen-bond donors (Lipinski definition) is 2. The molecule has 0 unspecified atom stereocenters. The summed E-state index contributed by atoms with van der Waals surface area (Å²) in [4.78, 5) is 20.1. The molecule has 0 saturated heterocycles. The van der Waals surface area contributed by atoms with E-state index in [2.05, 4.69) is 31.8 Å². The van der Waals surface area contributed by atoms with Crippen molar-refractivity contribution in [3.8, 4) is 0 Å². The van der Waals surface area contributed by atoms with E-state index in [4.69, 9.17) is 0 Å². The lowest BCUT2D eigenvalue weighted by molar-refractivity contribution is 0.0963. The van der Waals surface area contributed by atoms with Gasteiger partial charge in [0.05, 0.1) is 12.1 Å². The van der Waals surface area contributed by atoms with E-state index in [9.17, 15) is 4.79 Å². The minimum atomic E-state index is -0.162. The highest BCUT2D eigenvalue weighted by atomic mass is 16.1. The van der Waals surface area contributed by atoms with Gasteiger partial charge in [-0.3, -0.25) is 4.79 Å². The zero-order valence-corrected chi connectivity index (χ0v) is 13.3. The molecular formula is C17H18N6O. The Morgan fingerprint density at radius 2 is 2.08 bits per heavy atom. The Kier molecular flexibility index (Phi) is 4.81. The quantitative estimate of drug-likeness (QED) is 0.721. The molecule has 0 bridgehead atoms. The third-order valence-corrected chi connectivity index (χ3v) is 3.54. The van der Waals surface area contributed by atoms with Crippen molar-refractivity contribution in [3.63, 3.8) is 0 Å². The summed E-state index contributed by atoms with van der Waals surface area (Å²) in [5.74, 6) is 0.407. The van der Waals surface area contributed by atoms with Gasteiger partial charge >= 0.3 is 0 Å². The van der Waals surface area contributed by atoms with E-state index in [1.807, 2.05) is 18.2 Å². The average molecular weight is 322 g/mol. The number of pyridine rings is 1. The molecule has 0 aliphatic rings. The summed E-state index contributed by atoms with van der Waals surface area (Å²) in [7, 11) is 1.60. The molecule has 0 saturated carbocycles. The number of nitrogens with one attached hydrogen (secondary N) is 2. The van der Waals surface area contributed by atoms with Gasteiger partial charge in [0.15, 0.2) is 0 Å². The number of aromatic nitrogens is 4. The highest BCUT2D eigenvalue weighted by Gasteiger charge is 2.10. The van der Waals surface area contributed by atoms with Crippen LogP contribution in [0.15, 0.2) is 55.2 Å². The van der Waals surface area contributed by atoms with E-state index in [-0.39, 0.29) is 5.91 Å². The minimum Gasteiger partial charge on any atom is -0.365 e. The lowest BCUT2D eigenvalue weighted by atomic mass is 10.1. The third-order valence-electron chi connectivity index (χ3n) is 3.54. The standard InChI is InChI=1S/C17H18N6O/c1-18-17(24)15-6-3-7-20-16(15)21-9-13-4-2-5-14(8-13)10-23-12-19-11-22-23/h2-8,11-12H,9-10H2,1H3,(H,18,24)(H,20,21). The van der Waals surface area contributed by atoms with Crippen LogP contribution in [0, 0.1) is 0 Å². The van der Waals surface area contributed by atoms with Gasteiger partial charge in [-0.1, -0.05) is 24.3 Å². The number of hydrogen-bond acceptors (Lipinski definition) is 5. The molecule has 24 heavy (non-hydrogen) atoms. The van der Waals surface area contributed by atoms with Crippen molar-refractivity contribution in [1.82, 2.24) is 25.1 Å². The highest BCUT2D eigenvalue weighted by Crippen LogP contribution is 2.14. The van der Waals surface area contributed by atoms with Crippen molar-refractivity contribution in [1.29, 1.82) is 0 Å². The molecule has 0 atom stereocenters. The van der Waals surface area contributed by atoms with Crippen LogP contribution in [0.1, 0.15) is 21.5 Å². The molecule has 7 heteroatoms. The predicted molar refractivity (Wildman–Crippen MR) is 90.5 cm³/mol. The number of carbonyl (C=O) groups excluding carboxylic acids is 1. The number of anilines is 1. The van der Waals surface area contributed by atoms with Crippen LogP contribution in [0.25, 0.3) is 0 Å². The largest absolute Gasteiger partial charge is 0.365 e. The lowest BCUT2D eigenvalue weighted by Gasteiger charge is -2.11. The Bertz CT molecular complexity index is 815. The second-order valence-corrected chi connectivity index (χ2v) is 5.25. The van der Waals surface area contributed by atoms with Crippen LogP contribution in [-0.2, 0) is 13.1 Å². The molecule has 2 N–H and O–H groups in total. The Hall–Kier alpha value is -3.22. The summed E-state index contributed by atoms with van der Waals surface area (Å²) in [5, 5.41) is 9.95. The third kappa shape index (κ3) is 3.75.